The number of anilines is 3. The van der Waals surface area contributed by atoms with Crippen LogP contribution in [-0.4, -0.2) is 0 Å². The fraction of sp³-hybridized carbons (Fsp3) is 0. The Labute approximate surface area is 225 Å². The maximum Gasteiger partial charge on any atom is 0.147 e. The van der Waals surface area contributed by atoms with E-state index >= 15 is 0 Å². The Morgan fingerprint density at radius 2 is 1.13 bits per heavy atom. The lowest BCUT2D eigenvalue weighted by Crippen LogP contribution is -2.09. The van der Waals surface area contributed by atoms with Gasteiger partial charge in [-0.15, -0.1) is 0 Å². The summed E-state index contributed by atoms with van der Waals surface area (Å²) in [6.07, 6.45) is 1.76. The van der Waals surface area contributed by atoms with E-state index in [9.17, 15) is 0 Å². The maximum atomic E-state index is 6.42. The highest BCUT2D eigenvalue weighted by Crippen LogP contribution is 2.43. The van der Waals surface area contributed by atoms with E-state index < -0.39 is 0 Å². The fourth-order valence-corrected chi connectivity index (χ4v) is 5.74. The van der Waals surface area contributed by atoms with Crippen LogP contribution in [0.5, 0.6) is 0 Å². The van der Waals surface area contributed by atoms with Gasteiger partial charge in [-0.2, -0.15) is 0 Å². The highest BCUT2D eigenvalue weighted by atomic mass is 16.3. The molecule has 0 bridgehead atoms. The lowest BCUT2D eigenvalue weighted by Gasteiger charge is -2.25. The molecule has 2 aromatic heterocycles. The average molecular weight is 502 g/mol. The standard InChI is InChI=1S/C36H23NO2/c1-3-9-26(10-4-1)37(27-11-5-2-6-12-27)28-17-15-24(16-18-28)32-23-25-21-22-38-35(25)34-30(32)19-20-31-29-13-7-8-14-33(29)39-36(31)34/h1-23H. The highest BCUT2D eigenvalue weighted by Gasteiger charge is 2.18. The average Bonchev–Trinajstić information content (AvgIpc) is 3.63. The van der Waals surface area contributed by atoms with Crippen molar-refractivity contribution in [3.05, 3.63) is 140 Å². The van der Waals surface area contributed by atoms with E-state index in [1.54, 1.807) is 6.26 Å². The third kappa shape index (κ3) is 3.44. The normalized spacial score (nSPS) is 11.6. The summed E-state index contributed by atoms with van der Waals surface area (Å²) in [4.78, 5) is 2.28. The molecule has 0 spiro atoms. The molecule has 8 aromatic rings. The molecule has 0 atom stereocenters. The zero-order chi connectivity index (χ0) is 25.8. The van der Waals surface area contributed by atoms with Gasteiger partial charge in [0, 0.05) is 33.2 Å². The second-order valence-electron chi connectivity index (χ2n) is 9.78. The van der Waals surface area contributed by atoms with Crippen LogP contribution >= 0.6 is 0 Å². The topological polar surface area (TPSA) is 29.5 Å². The van der Waals surface area contributed by atoms with Crippen LogP contribution < -0.4 is 4.90 Å². The van der Waals surface area contributed by atoms with Crippen molar-refractivity contribution in [3.63, 3.8) is 0 Å². The summed E-state index contributed by atoms with van der Waals surface area (Å²) in [7, 11) is 0. The quantitative estimate of drug-likeness (QED) is 0.240. The monoisotopic (exact) mass is 501 g/mol. The molecular formula is C36H23NO2. The number of furan rings is 2. The van der Waals surface area contributed by atoms with Crippen molar-refractivity contribution < 1.29 is 8.83 Å². The van der Waals surface area contributed by atoms with E-state index in [-0.39, 0.29) is 0 Å². The summed E-state index contributed by atoms with van der Waals surface area (Å²) in [5, 5.41) is 5.40. The van der Waals surface area contributed by atoms with Crippen molar-refractivity contribution in [1.82, 2.24) is 0 Å². The Morgan fingerprint density at radius 3 is 1.87 bits per heavy atom. The molecule has 0 N–H and O–H groups in total. The molecule has 0 saturated heterocycles. The highest BCUT2D eigenvalue weighted by molar-refractivity contribution is 6.24. The van der Waals surface area contributed by atoms with Crippen molar-refractivity contribution in [1.29, 1.82) is 0 Å². The van der Waals surface area contributed by atoms with E-state index in [1.807, 2.05) is 30.3 Å². The number of para-hydroxylation sites is 3. The Kier molecular flexibility index (Phi) is 4.82. The molecule has 0 saturated carbocycles. The summed E-state index contributed by atoms with van der Waals surface area (Å²) in [6, 6.07) is 46.6. The minimum Gasteiger partial charge on any atom is -0.464 e. The summed E-state index contributed by atoms with van der Waals surface area (Å²) < 4.78 is 12.4. The lowest BCUT2D eigenvalue weighted by atomic mass is 9.94. The van der Waals surface area contributed by atoms with Gasteiger partial charge in [-0.1, -0.05) is 72.8 Å². The Morgan fingerprint density at radius 1 is 0.487 bits per heavy atom. The van der Waals surface area contributed by atoms with Crippen LogP contribution in [0, 0.1) is 0 Å². The van der Waals surface area contributed by atoms with Gasteiger partial charge in [-0.05, 0) is 77.2 Å². The number of benzene rings is 6. The van der Waals surface area contributed by atoms with E-state index in [4.69, 9.17) is 8.83 Å². The third-order valence-electron chi connectivity index (χ3n) is 7.52. The van der Waals surface area contributed by atoms with Crippen LogP contribution in [-0.2, 0) is 0 Å². The van der Waals surface area contributed by atoms with Crippen molar-refractivity contribution in [2.45, 2.75) is 0 Å². The van der Waals surface area contributed by atoms with Crippen LogP contribution in [0.2, 0.25) is 0 Å². The van der Waals surface area contributed by atoms with Crippen molar-refractivity contribution >= 4 is 60.7 Å². The molecule has 2 heterocycles. The number of hydrogen-bond donors (Lipinski definition) is 0. The predicted octanol–water partition coefficient (Wildman–Crippen LogP) is 10.6. The maximum absolute atomic E-state index is 6.42. The van der Waals surface area contributed by atoms with Gasteiger partial charge in [0.05, 0.1) is 11.6 Å². The van der Waals surface area contributed by atoms with Crippen LogP contribution in [0.15, 0.2) is 149 Å². The Balaban J connectivity index is 1.32. The largest absolute Gasteiger partial charge is 0.464 e. The fourth-order valence-electron chi connectivity index (χ4n) is 5.74. The molecule has 0 unspecified atom stereocenters. The molecule has 3 nitrogen and oxygen atoms in total. The van der Waals surface area contributed by atoms with Gasteiger partial charge in [0.25, 0.3) is 0 Å². The third-order valence-corrected chi connectivity index (χ3v) is 7.52. The number of fused-ring (bicyclic) bond motifs is 7. The van der Waals surface area contributed by atoms with E-state index in [2.05, 4.69) is 108 Å². The van der Waals surface area contributed by atoms with Gasteiger partial charge in [-0.3, -0.25) is 0 Å². The van der Waals surface area contributed by atoms with Crippen molar-refractivity contribution in [2.24, 2.45) is 0 Å². The van der Waals surface area contributed by atoms with Gasteiger partial charge < -0.3 is 13.7 Å². The van der Waals surface area contributed by atoms with Gasteiger partial charge in [-0.25, -0.2) is 0 Å². The smallest absolute Gasteiger partial charge is 0.147 e. The van der Waals surface area contributed by atoms with Crippen LogP contribution in [0.4, 0.5) is 17.1 Å². The molecule has 0 fully saturated rings. The second kappa shape index (κ2) is 8.64. The molecule has 0 aliphatic rings. The number of rotatable bonds is 4. The van der Waals surface area contributed by atoms with Gasteiger partial charge >= 0.3 is 0 Å². The second-order valence-corrected chi connectivity index (χ2v) is 9.78. The zero-order valence-corrected chi connectivity index (χ0v) is 21.0. The molecule has 0 radical (unpaired) electrons. The van der Waals surface area contributed by atoms with E-state index in [0.717, 1.165) is 71.9 Å². The molecule has 8 rings (SSSR count). The minimum atomic E-state index is 0.856. The lowest BCUT2D eigenvalue weighted by molar-refractivity contribution is 0.618. The summed E-state index contributed by atoms with van der Waals surface area (Å²) in [6.45, 7) is 0. The molecule has 0 aliphatic carbocycles. The number of nitrogens with zero attached hydrogens (tertiary/aromatic N) is 1. The van der Waals surface area contributed by atoms with Gasteiger partial charge in [0.2, 0.25) is 0 Å². The van der Waals surface area contributed by atoms with Crippen molar-refractivity contribution in [2.75, 3.05) is 4.90 Å². The summed E-state index contributed by atoms with van der Waals surface area (Å²) >= 11 is 0. The van der Waals surface area contributed by atoms with E-state index in [1.165, 1.54) is 0 Å². The molecule has 0 amide bonds. The predicted molar refractivity (Wildman–Crippen MR) is 161 cm³/mol. The van der Waals surface area contributed by atoms with E-state index in [0.29, 0.717) is 0 Å². The molecule has 6 aromatic carbocycles. The zero-order valence-electron chi connectivity index (χ0n) is 21.0. The summed E-state index contributed by atoms with van der Waals surface area (Å²) in [5.74, 6) is 0. The van der Waals surface area contributed by atoms with Crippen LogP contribution in [0.25, 0.3) is 54.8 Å². The SMILES string of the molecule is c1ccc(N(c2ccccc2)c2ccc(-c3cc4ccoc4c4c3ccc3c5ccccc5oc34)cc2)cc1. The first-order valence-corrected chi connectivity index (χ1v) is 13.1. The molecule has 3 heteroatoms. The molecule has 0 aliphatic heterocycles. The first kappa shape index (κ1) is 21.8. The molecule has 184 valence electrons. The Bertz CT molecular complexity index is 2060. The van der Waals surface area contributed by atoms with Crippen molar-refractivity contribution in [3.8, 4) is 11.1 Å². The number of hydrogen-bond acceptors (Lipinski definition) is 3. The minimum absolute atomic E-state index is 0.856. The summed E-state index contributed by atoms with van der Waals surface area (Å²) in [5.41, 5.74) is 8.24. The molecular weight excluding hydrogens is 478 g/mol. The Hall–Kier alpha value is -5.28. The van der Waals surface area contributed by atoms with Gasteiger partial charge in [0.1, 0.15) is 16.7 Å². The van der Waals surface area contributed by atoms with Crippen LogP contribution in [0.3, 0.4) is 0 Å². The van der Waals surface area contributed by atoms with Gasteiger partial charge in [0.15, 0.2) is 0 Å². The molecule has 39 heavy (non-hydrogen) atoms. The van der Waals surface area contributed by atoms with Crippen LogP contribution in [0.1, 0.15) is 0 Å². The first-order chi connectivity index (χ1) is 19.3. The first-order valence-electron chi connectivity index (χ1n) is 13.1.